The number of aromatic amines is 1. The van der Waals surface area contributed by atoms with Crippen LogP contribution in [0.2, 0.25) is 0 Å². The van der Waals surface area contributed by atoms with Crippen molar-refractivity contribution in [3.63, 3.8) is 0 Å². The minimum atomic E-state index is 0.606. The molecule has 2 aromatic rings. The molecule has 3 rings (SSSR count). The summed E-state index contributed by atoms with van der Waals surface area (Å²) in [5, 5.41) is 0. The Hall–Kier alpha value is -1.30. The van der Waals surface area contributed by atoms with E-state index in [4.69, 9.17) is 13.9 Å². The third-order valence-electron chi connectivity index (χ3n) is 3.21. The van der Waals surface area contributed by atoms with Gasteiger partial charge >= 0.3 is 0 Å². The van der Waals surface area contributed by atoms with Crippen molar-refractivity contribution in [1.29, 1.82) is 0 Å². The summed E-state index contributed by atoms with van der Waals surface area (Å²) in [4.78, 5) is 5.63. The smallest absolute Gasteiger partial charge is 0.151 e. The number of aromatic nitrogens is 1. The summed E-state index contributed by atoms with van der Waals surface area (Å²) in [7, 11) is 0. The van der Waals surface area contributed by atoms with E-state index >= 15 is 0 Å². The number of rotatable bonds is 5. The van der Waals surface area contributed by atoms with Gasteiger partial charge in [0.25, 0.3) is 0 Å². The number of H-pyrrole nitrogens is 1. The monoisotopic (exact) mass is 250 g/mol. The molecule has 0 atom stereocenters. The maximum atomic E-state index is 5.67. The molecule has 5 heteroatoms. The van der Waals surface area contributed by atoms with E-state index in [1.54, 1.807) is 6.26 Å². The number of hydrogen-bond donors (Lipinski definition) is 1. The molecular weight excluding hydrogens is 232 g/mol. The van der Waals surface area contributed by atoms with E-state index in [2.05, 4.69) is 9.88 Å². The molecule has 0 unspecified atom stereocenters. The van der Waals surface area contributed by atoms with Gasteiger partial charge in [0.15, 0.2) is 5.58 Å². The second-order valence-corrected chi connectivity index (χ2v) is 4.50. The predicted octanol–water partition coefficient (Wildman–Crippen LogP) is 1.61. The first-order valence-corrected chi connectivity index (χ1v) is 6.35. The van der Waals surface area contributed by atoms with Crippen LogP contribution in [0.5, 0.6) is 0 Å². The van der Waals surface area contributed by atoms with E-state index in [1.807, 2.05) is 12.1 Å². The van der Waals surface area contributed by atoms with Crippen molar-refractivity contribution >= 4 is 11.1 Å². The first kappa shape index (κ1) is 11.8. The van der Waals surface area contributed by atoms with Crippen LogP contribution < -0.4 is 0 Å². The van der Waals surface area contributed by atoms with Gasteiger partial charge in [-0.2, -0.15) is 0 Å². The van der Waals surface area contributed by atoms with E-state index in [1.165, 1.54) is 0 Å². The van der Waals surface area contributed by atoms with Gasteiger partial charge in [0.1, 0.15) is 0 Å². The topological polar surface area (TPSA) is 50.6 Å². The molecule has 5 nitrogen and oxygen atoms in total. The van der Waals surface area contributed by atoms with Crippen molar-refractivity contribution < 1.29 is 13.9 Å². The Labute approximate surface area is 106 Å². The molecule has 1 saturated heterocycles. The number of hydrogen-bond acceptors (Lipinski definition) is 4. The number of ether oxygens (including phenoxy) is 2. The Kier molecular flexibility index (Phi) is 3.64. The van der Waals surface area contributed by atoms with E-state index in [9.17, 15) is 0 Å². The summed E-state index contributed by atoms with van der Waals surface area (Å²) in [6, 6.07) is 3.91. The molecule has 0 spiro atoms. The van der Waals surface area contributed by atoms with Gasteiger partial charge in [-0.3, -0.25) is 4.90 Å². The van der Waals surface area contributed by atoms with Crippen LogP contribution in [-0.2, 0) is 16.1 Å². The predicted molar refractivity (Wildman–Crippen MR) is 67.5 cm³/mol. The van der Waals surface area contributed by atoms with E-state index < -0.39 is 0 Å². The van der Waals surface area contributed by atoms with Crippen molar-refractivity contribution in [1.82, 2.24) is 9.88 Å². The Morgan fingerprint density at radius 1 is 1.33 bits per heavy atom. The molecule has 1 fully saturated rings. The molecule has 3 heterocycles. The maximum absolute atomic E-state index is 5.67. The van der Waals surface area contributed by atoms with E-state index in [-0.39, 0.29) is 0 Å². The molecular formula is C13H18N2O3. The summed E-state index contributed by atoms with van der Waals surface area (Å²) in [5.74, 6) is 0. The van der Waals surface area contributed by atoms with Gasteiger partial charge in [0.2, 0.25) is 0 Å². The highest BCUT2D eigenvalue weighted by Crippen LogP contribution is 2.16. The standard InChI is InChI=1S/C13H18N2O3/c1-5-18-13-9-11(14-12(1)13)10-17-8-4-15-2-6-16-7-3-15/h1,5,9,14H,2-4,6-8,10H2. The van der Waals surface area contributed by atoms with Gasteiger partial charge in [0.05, 0.1) is 38.2 Å². The Balaban J connectivity index is 1.40. The second kappa shape index (κ2) is 5.56. The third kappa shape index (κ3) is 2.75. The van der Waals surface area contributed by atoms with Crippen molar-refractivity contribution in [3.8, 4) is 0 Å². The normalized spacial score (nSPS) is 17.6. The van der Waals surface area contributed by atoms with Crippen molar-refractivity contribution in [3.05, 3.63) is 24.1 Å². The highest BCUT2D eigenvalue weighted by atomic mass is 16.5. The molecule has 2 aromatic heterocycles. The van der Waals surface area contributed by atoms with Gasteiger partial charge in [-0.05, 0) is 0 Å². The number of nitrogens with zero attached hydrogens (tertiary/aromatic N) is 1. The molecule has 0 aromatic carbocycles. The lowest BCUT2D eigenvalue weighted by molar-refractivity contribution is 0.0177. The van der Waals surface area contributed by atoms with Crippen molar-refractivity contribution in [2.24, 2.45) is 0 Å². The number of nitrogens with one attached hydrogen (secondary N) is 1. The van der Waals surface area contributed by atoms with Crippen LogP contribution in [0.3, 0.4) is 0 Å². The van der Waals surface area contributed by atoms with Crippen LogP contribution in [0.1, 0.15) is 5.69 Å². The lowest BCUT2D eigenvalue weighted by atomic mass is 10.4. The average Bonchev–Trinajstić information content (AvgIpc) is 2.96. The van der Waals surface area contributed by atoms with Crippen LogP contribution in [0.4, 0.5) is 0 Å². The Morgan fingerprint density at radius 2 is 2.22 bits per heavy atom. The summed E-state index contributed by atoms with van der Waals surface area (Å²) in [6.45, 7) is 6.03. The van der Waals surface area contributed by atoms with Gasteiger partial charge in [0, 0.05) is 37.5 Å². The minimum Gasteiger partial charge on any atom is -0.463 e. The summed E-state index contributed by atoms with van der Waals surface area (Å²) >= 11 is 0. The maximum Gasteiger partial charge on any atom is 0.151 e. The zero-order chi connectivity index (χ0) is 12.2. The molecule has 18 heavy (non-hydrogen) atoms. The van der Waals surface area contributed by atoms with E-state index in [0.717, 1.165) is 56.2 Å². The molecule has 0 saturated carbocycles. The van der Waals surface area contributed by atoms with Crippen LogP contribution in [0.25, 0.3) is 11.1 Å². The first-order valence-electron chi connectivity index (χ1n) is 6.35. The quantitative estimate of drug-likeness (QED) is 0.819. The lowest BCUT2D eigenvalue weighted by Crippen LogP contribution is -2.38. The SMILES string of the molecule is c1cc2[nH]c(COCCN3CCOCC3)cc2o1. The molecule has 1 aliphatic heterocycles. The van der Waals surface area contributed by atoms with Crippen LogP contribution >= 0.6 is 0 Å². The number of fused-ring (bicyclic) bond motifs is 1. The number of furan rings is 1. The molecule has 1 N–H and O–H groups in total. The van der Waals surface area contributed by atoms with Gasteiger partial charge in [-0.1, -0.05) is 0 Å². The van der Waals surface area contributed by atoms with Gasteiger partial charge < -0.3 is 18.9 Å². The zero-order valence-corrected chi connectivity index (χ0v) is 10.4. The molecule has 0 aliphatic carbocycles. The molecule has 0 radical (unpaired) electrons. The fourth-order valence-corrected chi connectivity index (χ4v) is 2.18. The third-order valence-corrected chi connectivity index (χ3v) is 3.21. The highest BCUT2D eigenvalue weighted by Gasteiger charge is 2.09. The fraction of sp³-hybridized carbons (Fsp3) is 0.538. The Bertz CT molecular complexity index is 457. The van der Waals surface area contributed by atoms with Gasteiger partial charge in [-0.25, -0.2) is 0 Å². The first-order chi connectivity index (χ1) is 8.92. The summed E-state index contributed by atoms with van der Waals surface area (Å²) in [5.41, 5.74) is 2.98. The average molecular weight is 250 g/mol. The highest BCUT2D eigenvalue weighted by molar-refractivity contribution is 5.73. The van der Waals surface area contributed by atoms with Crippen LogP contribution in [0.15, 0.2) is 22.8 Å². The summed E-state index contributed by atoms with van der Waals surface area (Å²) in [6.07, 6.45) is 1.68. The second-order valence-electron chi connectivity index (χ2n) is 4.50. The molecule has 1 aliphatic rings. The number of morpholine rings is 1. The van der Waals surface area contributed by atoms with Crippen molar-refractivity contribution in [2.75, 3.05) is 39.5 Å². The van der Waals surface area contributed by atoms with E-state index in [0.29, 0.717) is 6.61 Å². The minimum absolute atomic E-state index is 0.606. The molecule has 0 amide bonds. The lowest BCUT2D eigenvalue weighted by Gasteiger charge is -2.26. The fourth-order valence-electron chi connectivity index (χ4n) is 2.18. The van der Waals surface area contributed by atoms with Gasteiger partial charge in [-0.15, -0.1) is 0 Å². The zero-order valence-electron chi connectivity index (χ0n) is 10.4. The van der Waals surface area contributed by atoms with Crippen LogP contribution in [-0.4, -0.2) is 49.3 Å². The van der Waals surface area contributed by atoms with Crippen molar-refractivity contribution in [2.45, 2.75) is 6.61 Å². The molecule has 98 valence electrons. The summed E-state index contributed by atoms with van der Waals surface area (Å²) < 4.78 is 16.3. The Morgan fingerprint density at radius 3 is 3.06 bits per heavy atom. The van der Waals surface area contributed by atoms with Crippen LogP contribution in [0, 0.1) is 0 Å². The molecule has 0 bridgehead atoms. The largest absolute Gasteiger partial charge is 0.463 e.